The first-order valence-corrected chi connectivity index (χ1v) is 7.27. The van der Waals surface area contributed by atoms with Crippen molar-refractivity contribution in [3.8, 4) is 0 Å². The smallest absolute Gasteiger partial charge is 0.280 e. The number of aromatic nitrogens is 4. The van der Waals surface area contributed by atoms with Crippen LogP contribution in [0.1, 0.15) is 0 Å². The average molecular weight is 356 g/mol. The van der Waals surface area contributed by atoms with Crippen LogP contribution in [0.25, 0.3) is 11.2 Å². The first kappa shape index (κ1) is 18.0. The normalized spacial score (nSPS) is 11.0. The largest absolute Gasteiger partial charge is 0.369 e. The molecule has 0 atom stereocenters. The molecule has 0 spiro atoms. The monoisotopic (exact) mass is 354 g/mol. The van der Waals surface area contributed by atoms with Crippen molar-refractivity contribution in [3.63, 3.8) is 0 Å². The molecule has 0 saturated carbocycles. The minimum absolute atomic E-state index is 0. The minimum Gasteiger partial charge on any atom is -0.369 e. The molecule has 0 unspecified atom stereocenters. The Labute approximate surface area is 137 Å². The molecule has 2 aromatic rings. The minimum atomic E-state index is -0.329. The highest BCUT2D eigenvalue weighted by Gasteiger charge is 2.10. The van der Waals surface area contributed by atoms with E-state index in [0.717, 1.165) is 19.6 Å². The van der Waals surface area contributed by atoms with E-state index in [-0.39, 0.29) is 23.9 Å². The summed E-state index contributed by atoms with van der Waals surface area (Å²) in [6, 6.07) is 0. The van der Waals surface area contributed by atoms with Crippen LogP contribution < -0.4 is 11.3 Å². The van der Waals surface area contributed by atoms with E-state index in [2.05, 4.69) is 19.9 Å². The summed E-state index contributed by atoms with van der Waals surface area (Å²) in [5.74, 6) is 1.18. The molecule has 2 heterocycles. The number of nitrogens with zero attached hydrogens (tertiary/aromatic N) is 4. The number of anilines is 1. The molecule has 0 amide bonds. The van der Waals surface area contributed by atoms with Crippen LogP contribution in [0.4, 0.5) is 5.95 Å². The number of nitrogen functional groups attached to an aromatic ring is 1. The van der Waals surface area contributed by atoms with Gasteiger partial charge in [0.15, 0.2) is 11.2 Å². The highest BCUT2D eigenvalue weighted by Crippen LogP contribution is 2.06. The Balaban J connectivity index is 0.00000220. The van der Waals surface area contributed by atoms with E-state index >= 15 is 0 Å². The molecule has 0 aliphatic rings. The Kier molecular flexibility index (Phi) is 7.24. The summed E-state index contributed by atoms with van der Waals surface area (Å²) >= 11 is 11.5. The van der Waals surface area contributed by atoms with Crippen molar-refractivity contribution >= 4 is 52.7 Å². The number of H-pyrrole nitrogens is 1. The first-order valence-electron chi connectivity index (χ1n) is 6.20. The van der Waals surface area contributed by atoms with E-state index in [1.807, 2.05) is 0 Å². The van der Waals surface area contributed by atoms with Crippen molar-refractivity contribution < 1.29 is 0 Å². The summed E-state index contributed by atoms with van der Waals surface area (Å²) in [6.45, 7) is 2.91. The number of halogens is 3. The van der Waals surface area contributed by atoms with Gasteiger partial charge in [-0.3, -0.25) is 14.7 Å². The van der Waals surface area contributed by atoms with Crippen molar-refractivity contribution in [2.24, 2.45) is 0 Å². The molecule has 0 saturated heterocycles. The van der Waals surface area contributed by atoms with Gasteiger partial charge in [0, 0.05) is 37.9 Å². The Morgan fingerprint density at radius 2 is 1.95 bits per heavy atom. The van der Waals surface area contributed by atoms with E-state index in [9.17, 15) is 4.79 Å². The second-order valence-corrected chi connectivity index (χ2v) is 5.04. The van der Waals surface area contributed by atoms with Crippen LogP contribution in [0, 0.1) is 0 Å². The molecule has 0 aliphatic heterocycles. The molecule has 10 heteroatoms. The number of hydrogen-bond acceptors (Lipinski definition) is 5. The molecule has 0 radical (unpaired) electrons. The van der Waals surface area contributed by atoms with Crippen molar-refractivity contribution in [3.05, 3.63) is 16.7 Å². The zero-order valence-electron chi connectivity index (χ0n) is 11.3. The second-order valence-electron chi connectivity index (χ2n) is 4.28. The fourth-order valence-electron chi connectivity index (χ4n) is 1.96. The summed E-state index contributed by atoms with van der Waals surface area (Å²) in [4.78, 5) is 24.4. The maximum absolute atomic E-state index is 11.7. The fourth-order valence-corrected chi connectivity index (χ4v) is 2.44. The van der Waals surface area contributed by atoms with Gasteiger partial charge < -0.3 is 10.3 Å². The maximum Gasteiger partial charge on any atom is 0.280 e. The van der Waals surface area contributed by atoms with E-state index < -0.39 is 0 Å². The number of fused-ring (bicyclic) bond motifs is 1. The molecule has 21 heavy (non-hydrogen) atoms. The van der Waals surface area contributed by atoms with Gasteiger partial charge in [-0.15, -0.1) is 35.6 Å². The van der Waals surface area contributed by atoms with E-state index in [4.69, 9.17) is 28.9 Å². The quantitative estimate of drug-likeness (QED) is 0.720. The van der Waals surface area contributed by atoms with Gasteiger partial charge in [-0.2, -0.15) is 4.98 Å². The lowest BCUT2D eigenvalue weighted by molar-refractivity contribution is 0.295. The molecule has 2 rings (SSSR count). The molecule has 3 N–H and O–H groups in total. The SMILES string of the molecule is Cl.Nc1nc2c(ncn2CCN(CCCl)CCCl)c(=O)[nH]1. The van der Waals surface area contributed by atoms with Crippen LogP contribution in [0.5, 0.6) is 0 Å². The topological polar surface area (TPSA) is 92.8 Å². The summed E-state index contributed by atoms with van der Waals surface area (Å²) in [5, 5.41) is 0. The summed E-state index contributed by atoms with van der Waals surface area (Å²) in [7, 11) is 0. The molecular formula is C11H17Cl3N6O. The van der Waals surface area contributed by atoms with Crippen LogP contribution in [-0.2, 0) is 6.54 Å². The number of nitrogens with one attached hydrogen (secondary N) is 1. The van der Waals surface area contributed by atoms with Crippen molar-refractivity contribution in [2.75, 3.05) is 37.1 Å². The zero-order valence-corrected chi connectivity index (χ0v) is 13.6. The number of nitrogens with two attached hydrogens (primary N) is 1. The van der Waals surface area contributed by atoms with E-state index in [1.165, 1.54) is 0 Å². The standard InChI is InChI=1S/C11H16Cl2N6O.ClH/c12-1-3-18(4-2-13)5-6-19-7-15-8-9(19)16-11(14)17-10(8)20;/h7H,1-6H2,(H3,14,16,17,20);1H. The first-order chi connectivity index (χ1) is 9.65. The van der Waals surface area contributed by atoms with Crippen molar-refractivity contribution in [2.45, 2.75) is 6.54 Å². The predicted octanol–water partition coefficient (Wildman–Crippen LogP) is 0.903. The van der Waals surface area contributed by atoms with Crippen LogP contribution >= 0.6 is 35.6 Å². The zero-order chi connectivity index (χ0) is 14.5. The maximum atomic E-state index is 11.7. The number of imidazole rings is 1. The van der Waals surface area contributed by atoms with Crippen LogP contribution in [-0.4, -0.2) is 55.8 Å². The number of aromatic amines is 1. The molecule has 7 nitrogen and oxygen atoms in total. The Morgan fingerprint density at radius 3 is 2.57 bits per heavy atom. The Hall–Kier alpha value is -1.02. The van der Waals surface area contributed by atoms with Gasteiger partial charge in [-0.05, 0) is 0 Å². The lowest BCUT2D eigenvalue weighted by Crippen LogP contribution is -2.31. The summed E-state index contributed by atoms with van der Waals surface area (Å²) in [6.07, 6.45) is 1.59. The third kappa shape index (κ3) is 4.47. The lowest BCUT2D eigenvalue weighted by atomic mass is 10.4. The van der Waals surface area contributed by atoms with Crippen molar-refractivity contribution in [1.82, 2.24) is 24.4 Å². The van der Waals surface area contributed by atoms with Gasteiger partial charge in [-0.1, -0.05) is 0 Å². The van der Waals surface area contributed by atoms with Gasteiger partial charge in [0.1, 0.15) is 0 Å². The molecule has 0 fully saturated rings. The van der Waals surface area contributed by atoms with Crippen LogP contribution in [0.15, 0.2) is 11.1 Å². The molecule has 118 valence electrons. The highest BCUT2D eigenvalue weighted by molar-refractivity contribution is 6.18. The Morgan fingerprint density at radius 1 is 1.29 bits per heavy atom. The lowest BCUT2D eigenvalue weighted by Gasteiger charge is -2.20. The van der Waals surface area contributed by atoms with Gasteiger partial charge in [-0.25, -0.2) is 4.98 Å². The van der Waals surface area contributed by atoms with Gasteiger partial charge in [0.2, 0.25) is 5.95 Å². The predicted molar refractivity (Wildman–Crippen MR) is 87.7 cm³/mol. The van der Waals surface area contributed by atoms with Crippen molar-refractivity contribution in [1.29, 1.82) is 0 Å². The van der Waals surface area contributed by atoms with Gasteiger partial charge >= 0.3 is 0 Å². The van der Waals surface area contributed by atoms with Crippen LogP contribution in [0.2, 0.25) is 0 Å². The fraction of sp³-hybridized carbons (Fsp3) is 0.545. The average Bonchev–Trinajstić information content (AvgIpc) is 2.80. The Bertz CT molecular complexity index is 622. The summed E-state index contributed by atoms with van der Waals surface area (Å²) < 4.78 is 1.80. The number of hydrogen-bond donors (Lipinski definition) is 2. The number of alkyl halides is 2. The van der Waals surface area contributed by atoms with Crippen LogP contribution in [0.3, 0.4) is 0 Å². The summed E-state index contributed by atoms with van der Waals surface area (Å²) in [5.41, 5.74) is 6.00. The van der Waals surface area contributed by atoms with Gasteiger partial charge in [0.05, 0.1) is 6.33 Å². The third-order valence-electron chi connectivity index (χ3n) is 2.95. The molecule has 0 aromatic carbocycles. The molecule has 2 aromatic heterocycles. The second kappa shape index (κ2) is 8.43. The molecule has 0 bridgehead atoms. The van der Waals surface area contributed by atoms with E-state index in [1.54, 1.807) is 10.9 Å². The molecular weight excluding hydrogens is 339 g/mol. The third-order valence-corrected chi connectivity index (χ3v) is 3.29. The van der Waals surface area contributed by atoms with Gasteiger partial charge in [0.25, 0.3) is 5.56 Å². The molecule has 0 aliphatic carbocycles. The van der Waals surface area contributed by atoms with E-state index in [0.29, 0.717) is 29.5 Å². The highest BCUT2D eigenvalue weighted by atomic mass is 35.5. The number of rotatable bonds is 7.